The summed E-state index contributed by atoms with van der Waals surface area (Å²) >= 11 is 0. The van der Waals surface area contributed by atoms with Crippen LogP contribution in [0, 0.1) is 0 Å². The van der Waals surface area contributed by atoms with Gasteiger partial charge in [-0.3, -0.25) is 0 Å². The fourth-order valence-electron chi connectivity index (χ4n) is 1.95. The molecule has 84 valence electrons. The first kappa shape index (κ1) is 12.5. The number of rotatable bonds is 3. The van der Waals surface area contributed by atoms with E-state index in [1.807, 2.05) is 0 Å². The van der Waals surface area contributed by atoms with E-state index >= 15 is 0 Å². The molecule has 0 saturated heterocycles. The number of benzene rings is 1. The van der Waals surface area contributed by atoms with E-state index in [-0.39, 0.29) is 5.60 Å². The van der Waals surface area contributed by atoms with Gasteiger partial charge in [-0.05, 0) is 45.5 Å². The summed E-state index contributed by atoms with van der Waals surface area (Å²) in [5.41, 5.74) is 1.36. The van der Waals surface area contributed by atoms with Gasteiger partial charge in [0, 0.05) is 5.60 Å². The van der Waals surface area contributed by atoms with Gasteiger partial charge in [0.25, 0.3) is 0 Å². The van der Waals surface area contributed by atoms with E-state index in [0.29, 0.717) is 0 Å². The molecule has 0 amide bonds. The fourth-order valence-corrected chi connectivity index (χ4v) is 4.90. The Labute approximate surface area is 94.6 Å². The highest BCUT2D eigenvalue weighted by atomic mass is 28.4. The van der Waals surface area contributed by atoms with E-state index in [1.165, 1.54) is 5.56 Å². The minimum Gasteiger partial charge on any atom is -0.412 e. The molecule has 0 aliphatic carbocycles. The third-order valence-electron chi connectivity index (χ3n) is 2.06. The Kier molecular flexibility index (Phi) is 3.74. The minimum absolute atomic E-state index is 0.0233. The molecular weight excluding hydrogens is 200 g/mol. The van der Waals surface area contributed by atoms with Crippen LogP contribution in [-0.2, 0) is 10.5 Å². The Hall–Kier alpha value is -0.603. The summed E-state index contributed by atoms with van der Waals surface area (Å²) in [6.45, 7) is 11.0. The first-order chi connectivity index (χ1) is 6.79. The van der Waals surface area contributed by atoms with Crippen molar-refractivity contribution in [2.45, 2.75) is 45.5 Å². The average molecular weight is 222 g/mol. The maximum Gasteiger partial charge on any atom is 0.191 e. The molecule has 1 rings (SSSR count). The lowest BCUT2D eigenvalue weighted by Gasteiger charge is -2.32. The van der Waals surface area contributed by atoms with Crippen molar-refractivity contribution in [3.8, 4) is 0 Å². The molecule has 0 aliphatic rings. The van der Waals surface area contributed by atoms with E-state index in [4.69, 9.17) is 4.43 Å². The number of hydrogen-bond donors (Lipinski definition) is 0. The maximum absolute atomic E-state index is 6.17. The maximum atomic E-state index is 6.17. The predicted molar refractivity (Wildman–Crippen MR) is 68.5 cm³/mol. The molecule has 0 bridgehead atoms. The molecule has 1 aromatic carbocycles. The van der Waals surface area contributed by atoms with Crippen molar-refractivity contribution >= 4 is 8.32 Å². The molecule has 15 heavy (non-hydrogen) atoms. The molecule has 0 atom stereocenters. The lowest BCUT2D eigenvalue weighted by Crippen LogP contribution is -2.41. The zero-order valence-corrected chi connectivity index (χ0v) is 11.5. The molecule has 0 spiro atoms. The van der Waals surface area contributed by atoms with Gasteiger partial charge in [0.15, 0.2) is 8.32 Å². The zero-order chi connectivity index (χ0) is 11.5. The molecule has 0 unspecified atom stereocenters. The van der Waals surface area contributed by atoms with E-state index in [1.54, 1.807) is 0 Å². The molecule has 2 heteroatoms. The van der Waals surface area contributed by atoms with Crippen molar-refractivity contribution < 1.29 is 4.43 Å². The molecule has 0 fully saturated rings. The molecule has 1 aromatic rings. The summed E-state index contributed by atoms with van der Waals surface area (Å²) < 4.78 is 6.17. The van der Waals surface area contributed by atoms with Crippen LogP contribution in [0.4, 0.5) is 0 Å². The molecule has 0 aromatic heterocycles. The van der Waals surface area contributed by atoms with Crippen molar-refractivity contribution in [1.82, 2.24) is 0 Å². The second-order valence-electron chi connectivity index (χ2n) is 5.64. The van der Waals surface area contributed by atoms with Crippen LogP contribution < -0.4 is 0 Å². The predicted octanol–water partition coefficient (Wildman–Crippen LogP) is 3.79. The summed E-state index contributed by atoms with van der Waals surface area (Å²) in [5.74, 6) is 0. The van der Waals surface area contributed by atoms with Gasteiger partial charge < -0.3 is 4.43 Å². The Bertz CT molecular complexity index is 298. The summed E-state index contributed by atoms with van der Waals surface area (Å²) in [4.78, 5) is 0. The normalized spacial score (nSPS) is 12.9. The van der Waals surface area contributed by atoms with Gasteiger partial charge in [-0.25, -0.2) is 0 Å². The van der Waals surface area contributed by atoms with Crippen LogP contribution in [0.15, 0.2) is 30.3 Å². The van der Waals surface area contributed by atoms with E-state index in [0.717, 1.165) is 6.04 Å². The van der Waals surface area contributed by atoms with Crippen LogP contribution in [0.25, 0.3) is 0 Å². The zero-order valence-electron chi connectivity index (χ0n) is 10.5. The van der Waals surface area contributed by atoms with Crippen LogP contribution in [0.3, 0.4) is 0 Å². The molecule has 0 radical (unpaired) electrons. The Morgan fingerprint density at radius 3 is 2.07 bits per heavy atom. The summed E-state index contributed by atoms with van der Waals surface area (Å²) in [5, 5.41) is 0. The van der Waals surface area contributed by atoms with Gasteiger partial charge in [0.05, 0.1) is 0 Å². The second-order valence-corrected chi connectivity index (χ2v) is 9.71. The number of hydrogen-bond acceptors (Lipinski definition) is 1. The van der Waals surface area contributed by atoms with Gasteiger partial charge in [-0.15, -0.1) is 0 Å². The SMILES string of the molecule is CC(C)(C)O[Si](C)(C)Cc1ccccc1. The van der Waals surface area contributed by atoms with E-state index in [2.05, 4.69) is 64.2 Å². The second kappa shape index (κ2) is 4.50. The van der Waals surface area contributed by atoms with Crippen LogP contribution in [-0.4, -0.2) is 13.9 Å². The first-order valence-electron chi connectivity index (χ1n) is 5.53. The lowest BCUT2D eigenvalue weighted by atomic mass is 10.2. The topological polar surface area (TPSA) is 9.23 Å². The summed E-state index contributed by atoms with van der Waals surface area (Å²) in [7, 11) is -1.58. The molecule has 0 heterocycles. The van der Waals surface area contributed by atoms with Gasteiger partial charge in [-0.1, -0.05) is 30.3 Å². The van der Waals surface area contributed by atoms with Crippen LogP contribution >= 0.6 is 0 Å². The van der Waals surface area contributed by atoms with Gasteiger partial charge in [-0.2, -0.15) is 0 Å². The molecule has 0 N–H and O–H groups in total. The van der Waals surface area contributed by atoms with E-state index in [9.17, 15) is 0 Å². The van der Waals surface area contributed by atoms with Gasteiger partial charge in [0.2, 0.25) is 0 Å². The Morgan fingerprint density at radius 2 is 1.60 bits per heavy atom. The Balaban J connectivity index is 2.65. The van der Waals surface area contributed by atoms with Gasteiger partial charge >= 0.3 is 0 Å². The van der Waals surface area contributed by atoms with Crippen molar-refractivity contribution in [2.75, 3.05) is 0 Å². The van der Waals surface area contributed by atoms with Crippen molar-refractivity contribution in [1.29, 1.82) is 0 Å². The fraction of sp³-hybridized carbons (Fsp3) is 0.538. The summed E-state index contributed by atoms with van der Waals surface area (Å²) in [6.07, 6.45) is 0. The third kappa shape index (κ3) is 5.14. The van der Waals surface area contributed by atoms with Crippen molar-refractivity contribution in [3.05, 3.63) is 35.9 Å². The summed E-state index contributed by atoms with van der Waals surface area (Å²) in [6, 6.07) is 11.7. The van der Waals surface area contributed by atoms with Crippen molar-refractivity contribution in [3.63, 3.8) is 0 Å². The van der Waals surface area contributed by atoms with Crippen LogP contribution in [0.5, 0.6) is 0 Å². The van der Waals surface area contributed by atoms with Crippen molar-refractivity contribution in [2.24, 2.45) is 0 Å². The largest absolute Gasteiger partial charge is 0.412 e. The highest BCUT2D eigenvalue weighted by molar-refractivity contribution is 6.70. The monoisotopic (exact) mass is 222 g/mol. The van der Waals surface area contributed by atoms with Gasteiger partial charge in [0.1, 0.15) is 0 Å². The first-order valence-corrected chi connectivity index (χ1v) is 8.64. The van der Waals surface area contributed by atoms with E-state index < -0.39 is 8.32 Å². The highest BCUT2D eigenvalue weighted by Gasteiger charge is 2.28. The molecule has 1 nitrogen and oxygen atoms in total. The highest BCUT2D eigenvalue weighted by Crippen LogP contribution is 2.20. The molecule has 0 aliphatic heterocycles. The minimum atomic E-state index is -1.58. The molecular formula is C13H22OSi. The lowest BCUT2D eigenvalue weighted by molar-refractivity contribution is 0.120. The third-order valence-corrected chi connectivity index (χ3v) is 4.48. The van der Waals surface area contributed by atoms with Crippen LogP contribution in [0.2, 0.25) is 13.1 Å². The standard InChI is InChI=1S/C13H22OSi/c1-13(2,3)14-15(4,5)11-12-9-7-6-8-10-12/h6-10H,11H2,1-5H3. The Morgan fingerprint density at radius 1 is 1.07 bits per heavy atom. The average Bonchev–Trinajstić information content (AvgIpc) is 1.99. The smallest absolute Gasteiger partial charge is 0.191 e. The molecule has 0 saturated carbocycles. The quantitative estimate of drug-likeness (QED) is 0.707. The van der Waals surface area contributed by atoms with Crippen LogP contribution in [0.1, 0.15) is 26.3 Å².